The van der Waals surface area contributed by atoms with Crippen LogP contribution in [0, 0.1) is 0 Å². The fourth-order valence-electron chi connectivity index (χ4n) is 6.30. The molecular formula is C30H38N2O17. The molecule has 0 aromatic heterocycles. The number of ether oxygens (including phenoxy) is 4. The number of rotatable bonds is 10. The van der Waals surface area contributed by atoms with E-state index in [0.29, 0.717) is 21.7 Å². The van der Waals surface area contributed by atoms with Crippen LogP contribution < -0.4 is 20.1 Å². The number of hydrogen-bond donors (Lipinski definition) is 11. The van der Waals surface area contributed by atoms with Crippen LogP contribution in [-0.4, -0.2) is 151 Å². The minimum absolute atomic E-state index is 0.0388. The highest BCUT2D eigenvalue weighted by Crippen LogP contribution is 2.37. The number of carbonyl (C=O) groups is 3. The zero-order valence-corrected chi connectivity index (χ0v) is 25.9. The minimum atomic E-state index is -1.84. The van der Waals surface area contributed by atoms with Crippen LogP contribution in [0.1, 0.15) is 18.9 Å². The molecular weight excluding hydrogens is 660 g/mol. The highest BCUT2D eigenvalue weighted by Gasteiger charge is 2.51. The van der Waals surface area contributed by atoms with Crippen LogP contribution in [0.2, 0.25) is 0 Å². The van der Waals surface area contributed by atoms with Gasteiger partial charge in [-0.2, -0.15) is 0 Å². The number of aliphatic hydroxyl groups is 6. The summed E-state index contributed by atoms with van der Waals surface area (Å²) in [5.74, 6) is -4.94. The topological polar surface area (TPSA) is 310 Å². The van der Waals surface area contributed by atoms with Gasteiger partial charge in [0.15, 0.2) is 29.9 Å². The molecule has 0 bridgehead atoms. The number of fused-ring (bicyclic) bond motifs is 1. The number of benzene rings is 1. The molecule has 1 aromatic carbocycles. The quantitative estimate of drug-likeness (QED) is 0.101. The van der Waals surface area contributed by atoms with Crippen molar-refractivity contribution in [3.63, 3.8) is 0 Å². The predicted octanol–water partition coefficient (Wildman–Crippen LogP) is -6.04. The van der Waals surface area contributed by atoms with E-state index in [9.17, 15) is 65.4 Å². The van der Waals surface area contributed by atoms with Crippen LogP contribution in [0.15, 0.2) is 35.6 Å². The Balaban J connectivity index is 1.44. The first-order valence-corrected chi connectivity index (χ1v) is 15.3. The third-order valence-electron chi connectivity index (χ3n) is 9.04. The summed E-state index contributed by atoms with van der Waals surface area (Å²) in [7, 11) is 0. The van der Waals surface area contributed by atoms with E-state index in [4.69, 9.17) is 18.9 Å². The number of carbonyl (C=O) groups excluding carboxylic acids is 1. The molecule has 19 heteroatoms. The van der Waals surface area contributed by atoms with E-state index < -0.39 is 104 Å². The van der Waals surface area contributed by atoms with Crippen molar-refractivity contribution in [3.05, 3.63) is 41.1 Å². The van der Waals surface area contributed by atoms with Crippen molar-refractivity contribution in [1.82, 2.24) is 5.32 Å². The van der Waals surface area contributed by atoms with E-state index in [-0.39, 0.29) is 30.8 Å². The minimum Gasteiger partial charge on any atom is -0.548 e. The Bertz CT molecular complexity index is 1500. The van der Waals surface area contributed by atoms with Crippen LogP contribution in [0.25, 0.3) is 0 Å². The van der Waals surface area contributed by atoms with Crippen LogP contribution >= 0.6 is 0 Å². The predicted molar refractivity (Wildman–Crippen MR) is 155 cm³/mol. The Morgan fingerprint density at radius 3 is 2.35 bits per heavy atom. The first-order valence-electron chi connectivity index (χ1n) is 15.3. The van der Waals surface area contributed by atoms with Crippen molar-refractivity contribution in [2.45, 2.75) is 93.3 Å². The van der Waals surface area contributed by atoms with Gasteiger partial charge >= 0.3 is 11.9 Å². The third kappa shape index (κ3) is 7.36. The zero-order valence-electron chi connectivity index (χ0n) is 25.9. The van der Waals surface area contributed by atoms with E-state index in [1.165, 1.54) is 31.2 Å². The second-order valence-electron chi connectivity index (χ2n) is 12.3. The Morgan fingerprint density at radius 2 is 1.71 bits per heavy atom. The SMILES string of the molecule is CC1OC(OC2C(Oc3cc4c(cc3O)CC(C(=O)O)[NH+]4CC=C3C=C(C(=O)O)NC(C(=O)[O-])C3)OC(CO)C(O)C2O)C(O)C(O)C1O. The molecule has 13 atom stereocenters. The van der Waals surface area contributed by atoms with Gasteiger partial charge in [0.05, 0.1) is 24.7 Å². The van der Waals surface area contributed by atoms with E-state index >= 15 is 0 Å². The molecule has 2 fully saturated rings. The standard InChI is InChI=1S/C30H38N2O17/c1-10-20(35)22(37)24(39)29(46-10)49-25-23(38)21(36)19(9-33)48-30(25)47-18-8-15-12(7-17(18)34)6-16(28(44)45)32(15)3-2-11-4-13(26(40)41)31-14(5-11)27(42)43/h2,4,7-8,10,14,16,19-25,29-31,33-39H,3,5-6,9H2,1H3,(H,40,41)(H,42,43)(H,44,45). The smallest absolute Gasteiger partial charge is 0.363 e. The summed E-state index contributed by atoms with van der Waals surface area (Å²) in [6.07, 6.45) is -13.6. The lowest BCUT2D eigenvalue weighted by atomic mass is 9.97. The highest BCUT2D eigenvalue weighted by molar-refractivity contribution is 5.88. The lowest BCUT2D eigenvalue weighted by molar-refractivity contribution is -0.838. The highest BCUT2D eigenvalue weighted by atomic mass is 16.8. The Hall–Kier alpha value is -3.89. The molecule has 0 radical (unpaired) electrons. The Kier molecular flexibility index (Phi) is 10.8. The van der Waals surface area contributed by atoms with Crippen molar-refractivity contribution in [2.24, 2.45) is 0 Å². The summed E-state index contributed by atoms with van der Waals surface area (Å²) in [6, 6.07) is 0.122. The van der Waals surface area contributed by atoms with Crippen molar-refractivity contribution in [2.75, 3.05) is 13.2 Å². The molecule has 1 aromatic rings. The number of allylic oxidation sites excluding steroid dienone is 1. The number of nitrogens with one attached hydrogen (secondary N) is 2. The third-order valence-corrected chi connectivity index (χ3v) is 9.04. The second kappa shape index (κ2) is 14.5. The fourth-order valence-corrected chi connectivity index (χ4v) is 6.30. The average Bonchev–Trinajstić information content (AvgIpc) is 3.41. The number of hydrogen-bond acceptors (Lipinski definition) is 16. The molecule has 4 heterocycles. The van der Waals surface area contributed by atoms with Crippen molar-refractivity contribution in [3.8, 4) is 11.5 Å². The number of aliphatic carboxylic acids is 3. The molecule has 5 rings (SSSR count). The Labute approximate surface area is 277 Å². The van der Waals surface area contributed by atoms with E-state index in [1.54, 1.807) is 0 Å². The number of carboxylic acid groups (broad SMARTS) is 3. The molecule has 19 nitrogen and oxygen atoms in total. The average molecular weight is 699 g/mol. The molecule has 11 N–H and O–H groups in total. The van der Waals surface area contributed by atoms with E-state index in [2.05, 4.69) is 5.32 Å². The summed E-state index contributed by atoms with van der Waals surface area (Å²) in [5, 5.41) is 106. The van der Waals surface area contributed by atoms with Gasteiger partial charge in [0, 0.05) is 18.1 Å². The van der Waals surface area contributed by atoms with Gasteiger partial charge in [-0.25, -0.2) is 9.59 Å². The maximum atomic E-state index is 12.3. The molecule has 0 amide bonds. The molecule has 0 aliphatic carbocycles. The fraction of sp³-hybridized carbons (Fsp3) is 0.567. The van der Waals surface area contributed by atoms with Crippen LogP contribution in [0.4, 0.5) is 5.69 Å². The molecule has 270 valence electrons. The van der Waals surface area contributed by atoms with Gasteiger partial charge in [0.25, 0.3) is 0 Å². The van der Waals surface area contributed by atoms with Gasteiger partial charge in [-0.3, -0.25) is 4.90 Å². The number of aromatic hydroxyl groups is 1. The normalized spacial score (nSPS) is 38.3. The van der Waals surface area contributed by atoms with Gasteiger partial charge in [0.2, 0.25) is 6.29 Å². The monoisotopic (exact) mass is 698 g/mol. The first-order chi connectivity index (χ1) is 23.1. The number of phenolic OH excluding ortho intramolecular Hbond substituents is 1. The van der Waals surface area contributed by atoms with E-state index in [1.807, 2.05) is 0 Å². The van der Waals surface area contributed by atoms with Gasteiger partial charge in [-0.15, -0.1) is 0 Å². The number of aliphatic hydroxyl groups excluding tert-OH is 6. The van der Waals surface area contributed by atoms with Gasteiger partial charge < -0.3 is 80.1 Å². The summed E-state index contributed by atoms with van der Waals surface area (Å²) < 4.78 is 22.7. The maximum absolute atomic E-state index is 12.3. The number of carboxylic acids is 3. The summed E-state index contributed by atoms with van der Waals surface area (Å²) in [4.78, 5) is 35.6. The zero-order chi connectivity index (χ0) is 35.9. The molecule has 0 spiro atoms. The summed E-state index contributed by atoms with van der Waals surface area (Å²) in [5.41, 5.74) is 0.645. The van der Waals surface area contributed by atoms with Gasteiger partial charge in [0.1, 0.15) is 54.6 Å². The maximum Gasteiger partial charge on any atom is 0.363 e. The number of phenols is 1. The molecule has 13 unspecified atom stereocenters. The second-order valence-corrected chi connectivity index (χ2v) is 12.3. The van der Waals surface area contributed by atoms with Crippen LogP contribution in [-0.2, 0) is 35.0 Å². The largest absolute Gasteiger partial charge is 0.548 e. The number of quaternary nitrogens is 1. The molecule has 4 aliphatic rings. The molecule has 0 saturated carbocycles. The van der Waals surface area contributed by atoms with Gasteiger partial charge in [-0.05, 0) is 37.1 Å². The van der Waals surface area contributed by atoms with Crippen molar-refractivity contribution < 1.29 is 89.3 Å². The molecule has 4 aliphatic heterocycles. The summed E-state index contributed by atoms with van der Waals surface area (Å²) >= 11 is 0. The lowest BCUT2D eigenvalue weighted by Crippen LogP contribution is -3.11. The summed E-state index contributed by atoms with van der Waals surface area (Å²) in [6.45, 7) is 0.531. The van der Waals surface area contributed by atoms with Crippen LogP contribution in [0.5, 0.6) is 11.5 Å². The van der Waals surface area contributed by atoms with E-state index in [0.717, 1.165) is 0 Å². The lowest BCUT2D eigenvalue weighted by Gasteiger charge is -2.45. The van der Waals surface area contributed by atoms with Crippen LogP contribution in [0.3, 0.4) is 0 Å². The Morgan fingerprint density at radius 1 is 1.00 bits per heavy atom. The van der Waals surface area contributed by atoms with Crippen molar-refractivity contribution in [1.29, 1.82) is 0 Å². The van der Waals surface area contributed by atoms with Crippen molar-refractivity contribution >= 4 is 23.6 Å². The first kappa shape index (κ1) is 36.4. The molecule has 2 saturated heterocycles. The molecule has 49 heavy (non-hydrogen) atoms. The van der Waals surface area contributed by atoms with Gasteiger partial charge in [-0.1, -0.05) is 0 Å².